The minimum Gasteiger partial charge on any atom is -0.466 e. The van der Waals surface area contributed by atoms with Crippen molar-refractivity contribution in [1.82, 2.24) is 15.1 Å². The zero-order valence-corrected chi connectivity index (χ0v) is 11.5. The zero-order valence-electron chi connectivity index (χ0n) is 11.5. The molecule has 2 aromatic rings. The summed E-state index contributed by atoms with van der Waals surface area (Å²) in [6.07, 6.45) is 4.92. The van der Waals surface area contributed by atoms with Crippen molar-refractivity contribution >= 4 is 0 Å². The van der Waals surface area contributed by atoms with Gasteiger partial charge in [0.2, 0.25) is 0 Å². The molecule has 0 radical (unpaired) electrons. The Bertz CT molecular complexity index is 513. The molecule has 0 aliphatic heterocycles. The lowest BCUT2D eigenvalue weighted by Crippen LogP contribution is -2.23. The van der Waals surface area contributed by atoms with Gasteiger partial charge < -0.3 is 9.73 Å². The Morgan fingerprint density at radius 3 is 2.72 bits per heavy atom. The van der Waals surface area contributed by atoms with Crippen molar-refractivity contribution < 1.29 is 4.42 Å². The molecule has 1 unspecified atom stereocenters. The molecule has 0 fully saturated rings. The first-order valence-corrected chi connectivity index (χ1v) is 6.38. The van der Waals surface area contributed by atoms with Crippen molar-refractivity contribution in [2.45, 2.75) is 33.2 Å². The summed E-state index contributed by atoms with van der Waals surface area (Å²) in [6.45, 7) is 7.08. The Balaban J connectivity index is 2.20. The zero-order chi connectivity index (χ0) is 13.1. The number of nitrogens with zero attached hydrogens (tertiary/aromatic N) is 2. The fourth-order valence-electron chi connectivity index (χ4n) is 2.35. The molecular formula is C14H21N3O. The lowest BCUT2D eigenvalue weighted by molar-refractivity contribution is 0.484. The van der Waals surface area contributed by atoms with Crippen molar-refractivity contribution in [2.75, 3.05) is 6.54 Å². The van der Waals surface area contributed by atoms with Crippen molar-refractivity contribution in [3.63, 3.8) is 0 Å². The van der Waals surface area contributed by atoms with Gasteiger partial charge in [-0.25, -0.2) is 0 Å². The van der Waals surface area contributed by atoms with Gasteiger partial charge in [0.05, 0.1) is 6.20 Å². The van der Waals surface area contributed by atoms with E-state index < -0.39 is 0 Å². The van der Waals surface area contributed by atoms with E-state index in [1.54, 1.807) is 0 Å². The molecule has 0 bridgehead atoms. The fourth-order valence-corrected chi connectivity index (χ4v) is 2.35. The molecule has 0 amide bonds. The van der Waals surface area contributed by atoms with E-state index in [0.717, 1.165) is 24.5 Å². The molecule has 0 saturated heterocycles. The molecule has 98 valence electrons. The number of hydrogen-bond donors (Lipinski definition) is 1. The number of aryl methyl sites for hydroxylation is 3. The summed E-state index contributed by atoms with van der Waals surface area (Å²) in [5, 5.41) is 7.73. The van der Waals surface area contributed by atoms with Crippen LogP contribution < -0.4 is 5.32 Å². The normalized spacial score (nSPS) is 12.9. The lowest BCUT2D eigenvalue weighted by Gasteiger charge is -2.16. The number of hydrogen-bond acceptors (Lipinski definition) is 3. The average molecular weight is 247 g/mol. The van der Waals surface area contributed by atoms with Gasteiger partial charge in [-0.15, -0.1) is 0 Å². The molecule has 2 heterocycles. The van der Waals surface area contributed by atoms with Gasteiger partial charge in [-0.1, -0.05) is 6.92 Å². The minimum atomic E-state index is 0.289. The van der Waals surface area contributed by atoms with Crippen LogP contribution in [-0.4, -0.2) is 16.3 Å². The molecule has 1 atom stereocenters. The van der Waals surface area contributed by atoms with Crippen LogP contribution in [-0.2, 0) is 13.5 Å². The smallest absolute Gasteiger partial charge is 0.105 e. The summed E-state index contributed by atoms with van der Waals surface area (Å²) >= 11 is 0. The summed E-state index contributed by atoms with van der Waals surface area (Å²) in [5.74, 6) is 1.97. The maximum Gasteiger partial charge on any atom is 0.105 e. The van der Waals surface area contributed by atoms with E-state index in [4.69, 9.17) is 4.42 Å². The van der Waals surface area contributed by atoms with E-state index in [9.17, 15) is 0 Å². The number of aromatic nitrogens is 2. The van der Waals surface area contributed by atoms with E-state index >= 15 is 0 Å². The SMILES string of the molecule is CCNC(Cc1cnn(C)c1)c1cc(C)oc1C. The number of likely N-dealkylation sites (N-methyl/N-ethyl adjacent to an activating group) is 1. The molecule has 0 aliphatic carbocycles. The van der Waals surface area contributed by atoms with Crippen LogP contribution in [0.4, 0.5) is 0 Å². The molecular weight excluding hydrogens is 226 g/mol. The largest absolute Gasteiger partial charge is 0.466 e. The summed E-state index contributed by atoms with van der Waals surface area (Å²) < 4.78 is 7.46. The molecule has 2 rings (SSSR count). The fraction of sp³-hybridized carbons (Fsp3) is 0.500. The molecule has 4 heteroatoms. The predicted octanol–water partition coefficient (Wildman–Crippen LogP) is 2.52. The molecule has 4 nitrogen and oxygen atoms in total. The third kappa shape index (κ3) is 2.82. The second kappa shape index (κ2) is 5.40. The van der Waals surface area contributed by atoms with Crippen LogP contribution in [0.3, 0.4) is 0 Å². The van der Waals surface area contributed by atoms with E-state index in [0.29, 0.717) is 0 Å². The van der Waals surface area contributed by atoms with Gasteiger partial charge in [0.25, 0.3) is 0 Å². The molecule has 0 saturated carbocycles. The van der Waals surface area contributed by atoms with E-state index in [2.05, 4.69) is 29.6 Å². The lowest BCUT2D eigenvalue weighted by atomic mass is 10.0. The van der Waals surface area contributed by atoms with Crippen LogP contribution in [0.1, 0.15) is 35.6 Å². The van der Waals surface area contributed by atoms with Gasteiger partial charge >= 0.3 is 0 Å². The molecule has 1 N–H and O–H groups in total. The van der Waals surface area contributed by atoms with E-state index in [-0.39, 0.29) is 6.04 Å². The van der Waals surface area contributed by atoms with Gasteiger partial charge in [-0.2, -0.15) is 5.10 Å². The Hall–Kier alpha value is -1.55. The van der Waals surface area contributed by atoms with Crippen molar-refractivity contribution in [3.05, 3.63) is 41.1 Å². The first-order chi connectivity index (χ1) is 8.60. The second-order valence-electron chi connectivity index (χ2n) is 4.71. The Labute approximate surface area is 108 Å². The molecule has 18 heavy (non-hydrogen) atoms. The highest BCUT2D eigenvalue weighted by atomic mass is 16.3. The third-order valence-corrected chi connectivity index (χ3v) is 3.10. The third-order valence-electron chi connectivity index (χ3n) is 3.10. The predicted molar refractivity (Wildman–Crippen MR) is 71.5 cm³/mol. The molecule has 2 aromatic heterocycles. The van der Waals surface area contributed by atoms with E-state index in [1.165, 1.54) is 11.1 Å². The minimum absolute atomic E-state index is 0.289. The van der Waals surface area contributed by atoms with E-state index in [1.807, 2.05) is 31.8 Å². The van der Waals surface area contributed by atoms with Gasteiger partial charge in [0.15, 0.2) is 0 Å². The summed E-state index contributed by atoms with van der Waals surface area (Å²) in [6, 6.07) is 2.41. The highest BCUT2D eigenvalue weighted by Crippen LogP contribution is 2.24. The molecule has 0 aromatic carbocycles. The quantitative estimate of drug-likeness (QED) is 0.883. The number of nitrogens with one attached hydrogen (secondary N) is 1. The second-order valence-corrected chi connectivity index (χ2v) is 4.71. The molecule has 0 spiro atoms. The van der Waals surface area contributed by atoms with Gasteiger partial charge in [-0.05, 0) is 38.4 Å². The number of furan rings is 1. The Morgan fingerprint density at radius 1 is 1.44 bits per heavy atom. The molecule has 0 aliphatic rings. The van der Waals surface area contributed by atoms with Crippen molar-refractivity contribution in [3.8, 4) is 0 Å². The van der Waals surface area contributed by atoms with Crippen molar-refractivity contribution in [1.29, 1.82) is 0 Å². The van der Waals surface area contributed by atoms with Crippen LogP contribution in [0.2, 0.25) is 0 Å². The van der Waals surface area contributed by atoms with Crippen LogP contribution in [0.5, 0.6) is 0 Å². The highest BCUT2D eigenvalue weighted by Gasteiger charge is 2.17. The van der Waals surface area contributed by atoms with Gasteiger partial charge in [0, 0.05) is 24.8 Å². The van der Waals surface area contributed by atoms with Crippen LogP contribution in [0.25, 0.3) is 0 Å². The monoisotopic (exact) mass is 247 g/mol. The van der Waals surface area contributed by atoms with Crippen LogP contribution in [0, 0.1) is 13.8 Å². The van der Waals surface area contributed by atoms with Crippen LogP contribution in [0.15, 0.2) is 22.9 Å². The topological polar surface area (TPSA) is 43.0 Å². The standard InChI is InChI=1S/C14H21N3O/c1-5-15-14(7-12-8-16-17(4)9-12)13-6-10(2)18-11(13)3/h6,8-9,14-15H,5,7H2,1-4H3. The average Bonchev–Trinajstić information content (AvgIpc) is 2.84. The maximum absolute atomic E-state index is 5.62. The van der Waals surface area contributed by atoms with Crippen LogP contribution >= 0.6 is 0 Å². The summed E-state index contributed by atoms with van der Waals surface area (Å²) in [4.78, 5) is 0. The Kier molecular flexibility index (Phi) is 3.87. The first kappa shape index (κ1) is 12.9. The Morgan fingerprint density at radius 2 is 2.22 bits per heavy atom. The number of rotatable bonds is 5. The van der Waals surface area contributed by atoms with Gasteiger partial charge in [-0.3, -0.25) is 4.68 Å². The van der Waals surface area contributed by atoms with Gasteiger partial charge in [0.1, 0.15) is 11.5 Å². The highest BCUT2D eigenvalue weighted by molar-refractivity contribution is 5.26. The maximum atomic E-state index is 5.62. The summed E-state index contributed by atoms with van der Waals surface area (Å²) in [7, 11) is 1.94. The summed E-state index contributed by atoms with van der Waals surface area (Å²) in [5.41, 5.74) is 2.49. The van der Waals surface area contributed by atoms with Crippen molar-refractivity contribution in [2.24, 2.45) is 7.05 Å². The first-order valence-electron chi connectivity index (χ1n) is 6.38.